The molecule has 0 radical (unpaired) electrons. The summed E-state index contributed by atoms with van der Waals surface area (Å²) >= 11 is 3.29. The highest BCUT2D eigenvalue weighted by Gasteiger charge is 2.20. The van der Waals surface area contributed by atoms with Gasteiger partial charge < -0.3 is 19.1 Å². The molecule has 27 heavy (non-hydrogen) atoms. The van der Waals surface area contributed by atoms with Gasteiger partial charge in [0.15, 0.2) is 15.9 Å². The number of ether oxygens (including phenoxy) is 2. The molecule has 1 N–H and O–H groups in total. The van der Waals surface area contributed by atoms with Gasteiger partial charge in [-0.25, -0.2) is 9.78 Å². The van der Waals surface area contributed by atoms with Crippen LogP contribution < -0.4 is 20.7 Å². The van der Waals surface area contributed by atoms with Gasteiger partial charge in [-0.05, 0) is 40.2 Å². The van der Waals surface area contributed by atoms with Gasteiger partial charge in [0.25, 0.3) is 5.56 Å². The summed E-state index contributed by atoms with van der Waals surface area (Å²) in [5.41, 5.74) is -0.462. The second kappa shape index (κ2) is 7.57. The second-order valence-corrected chi connectivity index (χ2v) is 6.72. The molecule has 0 unspecified atom stereocenters. The summed E-state index contributed by atoms with van der Waals surface area (Å²) in [6, 6.07) is 6.98. The van der Waals surface area contributed by atoms with Crippen LogP contribution in [0.15, 0.2) is 38.6 Å². The highest BCUT2D eigenvalue weighted by molar-refractivity contribution is 9.10. The molecule has 3 aromatic rings. The fourth-order valence-electron chi connectivity index (χ4n) is 2.71. The Bertz CT molecular complexity index is 1080. The van der Waals surface area contributed by atoms with E-state index in [2.05, 4.69) is 20.9 Å². The van der Waals surface area contributed by atoms with Crippen LogP contribution in [0.25, 0.3) is 11.2 Å². The maximum absolute atomic E-state index is 12.5. The average molecular weight is 439 g/mol. The predicted molar refractivity (Wildman–Crippen MR) is 102 cm³/mol. The number of hydrogen-bond donors (Lipinski definition) is 1. The zero-order chi connectivity index (χ0) is 19.7. The molecular formula is C17H19BrN4O5. The summed E-state index contributed by atoms with van der Waals surface area (Å²) in [7, 11) is 4.52. The van der Waals surface area contributed by atoms with E-state index in [-0.39, 0.29) is 24.3 Å². The van der Waals surface area contributed by atoms with Crippen LogP contribution in [0.5, 0.6) is 11.5 Å². The van der Waals surface area contributed by atoms with Gasteiger partial charge >= 0.3 is 5.69 Å². The lowest BCUT2D eigenvalue weighted by Gasteiger charge is -2.14. The number of aromatic nitrogens is 4. The van der Waals surface area contributed by atoms with E-state index in [1.165, 1.54) is 23.2 Å². The fourth-order valence-corrected chi connectivity index (χ4v) is 3.20. The Labute approximate surface area is 162 Å². The number of aryl methyl sites for hydroxylation is 1. The third kappa shape index (κ3) is 3.62. The van der Waals surface area contributed by atoms with Crippen molar-refractivity contribution in [2.45, 2.75) is 12.6 Å². The molecule has 1 atom stereocenters. The normalized spacial score (nSPS) is 12.3. The molecule has 0 saturated heterocycles. The van der Waals surface area contributed by atoms with Crippen LogP contribution in [-0.2, 0) is 20.6 Å². The Morgan fingerprint density at radius 3 is 2.41 bits per heavy atom. The molecule has 144 valence electrons. The Morgan fingerprint density at radius 2 is 1.78 bits per heavy atom. The van der Waals surface area contributed by atoms with Crippen LogP contribution in [0.4, 0.5) is 0 Å². The highest BCUT2D eigenvalue weighted by Crippen LogP contribution is 2.19. The molecule has 0 fully saturated rings. The van der Waals surface area contributed by atoms with Crippen LogP contribution in [0, 0.1) is 0 Å². The highest BCUT2D eigenvalue weighted by atomic mass is 79.9. The molecule has 1 aromatic carbocycles. The monoisotopic (exact) mass is 438 g/mol. The summed E-state index contributed by atoms with van der Waals surface area (Å²) in [5, 5.41) is 10.4. The predicted octanol–water partition coefficient (Wildman–Crippen LogP) is 0.645. The van der Waals surface area contributed by atoms with Gasteiger partial charge in [-0.15, -0.1) is 0 Å². The molecule has 0 aliphatic heterocycles. The molecule has 0 bridgehead atoms. The third-order valence-electron chi connectivity index (χ3n) is 4.20. The van der Waals surface area contributed by atoms with Crippen molar-refractivity contribution in [2.24, 2.45) is 14.1 Å². The number of aliphatic hydroxyl groups excluding tert-OH is 1. The lowest BCUT2D eigenvalue weighted by molar-refractivity contribution is 0.0928. The molecule has 0 aliphatic carbocycles. The van der Waals surface area contributed by atoms with Gasteiger partial charge in [-0.2, -0.15) is 0 Å². The van der Waals surface area contributed by atoms with Gasteiger partial charge in [-0.1, -0.05) is 0 Å². The smallest absolute Gasteiger partial charge is 0.332 e. The number of halogens is 1. The van der Waals surface area contributed by atoms with Gasteiger partial charge in [0, 0.05) is 14.1 Å². The third-order valence-corrected chi connectivity index (χ3v) is 4.80. The van der Waals surface area contributed by atoms with Crippen LogP contribution in [0.1, 0.15) is 0 Å². The van der Waals surface area contributed by atoms with Crippen molar-refractivity contribution in [3.63, 3.8) is 0 Å². The molecule has 0 spiro atoms. The molecule has 0 amide bonds. The fraction of sp³-hybridized carbons (Fsp3) is 0.353. The standard InChI is InChI=1S/C17H19BrN4O5/c1-20-14-13(15(24)21(2)17(20)25)22(16(18)19-14)8-10(23)9-27-12-6-4-11(26-3)5-7-12/h4-7,10,23H,8-9H2,1-3H3/t10-/m1/s1. The number of imidazole rings is 1. The Hall–Kier alpha value is -2.59. The lowest BCUT2D eigenvalue weighted by Crippen LogP contribution is -2.38. The summed E-state index contributed by atoms with van der Waals surface area (Å²) in [5.74, 6) is 1.29. The van der Waals surface area contributed by atoms with Crippen LogP contribution >= 0.6 is 15.9 Å². The van der Waals surface area contributed by atoms with Gasteiger partial charge in [0.05, 0.1) is 13.7 Å². The second-order valence-electron chi connectivity index (χ2n) is 6.01. The number of hydrogen-bond acceptors (Lipinski definition) is 6. The van der Waals surface area contributed by atoms with E-state index in [9.17, 15) is 14.7 Å². The lowest BCUT2D eigenvalue weighted by atomic mass is 10.3. The number of aliphatic hydroxyl groups is 1. The number of rotatable bonds is 6. The van der Waals surface area contributed by atoms with Crippen LogP contribution in [0.3, 0.4) is 0 Å². The minimum absolute atomic E-state index is 0.0184. The van der Waals surface area contributed by atoms with Crippen molar-refractivity contribution >= 4 is 27.1 Å². The Balaban J connectivity index is 1.82. The molecule has 9 nitrogen and oxygen atoms in total. The molecular weight excluding hydrogens is 420 g/mol. The molecule has 2 heterocycles. The van der Waals surface area contributed by atoms with Crippen LogP contribution in [-0.4, -0.2) is 43.6 Å². The summed E-state index contributed by atoms with van der Waals surface area (Å²) < 4.78 is 14.8. The van der Waals surface area contributed by atoms with Crippen molar-refractivity contribution in [3.8, 4) is 11.5 Å². The maximum Gasteiger partial charge on any atom is 0.332 e. The number of methoxy groups -OCH3 is 1. The van der Waals surface area contributed by atoms with Crippen molar-refractivity contribution in [3.05, 3.63) is 49.8 Å². The molecule has 0 aliphatic rings. The largest absolute Gasteiger partial charge is 0.497 e. The van der Waals surface area contributed by atoms with Crippen molar-refractivity contribution in [2.75, 3.05) is 13.7 Å². The first-order valence-corrected chi connectivity index (χ1v) is 8.89. The van der Waals surface area contributed by atoms with E-state index in [1.54, 1.807) is 31.4 Å². The van der Waals surface area contributed by atoms with Gasteiger partial charge in [-0.3, -0.25) is 13.9 Å². The number of nitrogens with zero attached hydrogens (tertiary/aromatic N) is 4. The van der Waals surface area contributed by atoms with E-state index >= 15 is 0 Å². The van der Waals surface area contributed by atoms with E-state index in [1.807, 2.05) is 0 Å². The van der Waals surface area contributed by atoms with E-state index in [0.29, 0.717) is 16.2 Å². The molecule has 10 heteroatoms. The molecule has 2 aromatic heterocycles. The minimum atomic E-state index is -0.900. The average Bonchev–Trinajstić information content (AvgIpc) is 2.99. The summed E-state index contributed by atoms with van der Waals surface area (Å²) in [6.07, 6.45) is -0.900. The quantitative estimate of drug-likeness (QED) is 0.566. The zero-order valence-corrected chi connectivity index (χ0v) is 16.6. The van der Waals surface area contributed by atoms with E-state index in [4.69, 9.17) is 9.47 Å². The summed E-state index contributed by atoms with van der Waals surface area (Å²) in [6.45, 7) is 0.0885. The summed E-state index contributed by atoms with van der Waals surface area (Å²) in [4.78, 5) is 28.8. The van der Waals surface area contributed by atoms with Crippen molar-refractivity contribution in [1.82, 2.24) is 18.7 Å². The van der Waals surface area contributed by atoms with Crippen LogP contribution in [0.2, 0.25) is 0 Å². The first kappa shape index (κ1) is 19.2. The minimum Gasteiger partial charge on any atom is -0.497 e. The van der Waals surface area contributed by atoms with Gasteiger partial charge in [0.1, 0.15) is 24.2 Å². The van der Waals surface area contributed by atoms with Crippen molar-refractivity contribution < 1.29 is 14.6 Å². The van der Waals surface area contributed by atoms with Gasteiger partial charge in [0.2, 0.25) is 0 Å². The Kier molecular flexibility index (Phi) is 5.38. The topological polar surface area (TPSA) is 101 Å². The van der Waals surface area contributed by atoms with E-state index in [0.717, 1.165) is 4.57 Å². The number of fused-ring (bicyclic) bond motifs is 1. The zero-order valence-electron chi connectivity index (χ0n) is 15.0. The van der Waals surface area contributed by atoms with E-state index < -0.39 is 17.4 Å². The molecule has 0 saturated carbocycles. The molecule has 3 rings (SSSR count). The number of benzene rings is 1. The van der Waals surface area contributed by atoms with Crippen molar-refractivity contribution in [1.29, 1.82) is 0 Å². The maximum atomic E-state index is 12.5. The first-order valence-electron chi connectivity index (χ1n) is 8.10. The Morgan fingerprint density at radius 1 is 1.15 bits per heavy atom. The SMILES string of the molecule is COc1ccc(OC[C@H](O)Cn2c(Br)nc3c2c(=O)n(C)c(=O)n3C)cc1. The first-order chi connectivity index (χ1) is 12.8.